The number of hydrogen-bond acceptors (Lipinski definition) is 3. The Hall–Kier alpha value is -1.22. The van der Waals surface area contributed by atoms with Gasteiger partial charge < -0.3 is 14.6 Å². The molecule has 0 fully saturated rings. The molecule has 1 aromatic rings. The molecule has 0 aliphatic rings. The van der Waals surface area contributed by atoms with Crippen molar-refractivity contribution in [1.29, 1.82) is 0 Å². The number of ether oxygens (including phenoxy) is 2. The second-order valence-corrected chi connectivity index (χ2v) is 3.30. The summed E-state index contributed by atoms with van der Waals surface area (Å²) in [7, 11) is 3.28. The first-order valence-corrected chi connectivity index (χ1v) is 5.11. The van der Waals surface area contributed by atoms with Gasteiger partial charge in [-0.25, -0.2) is 0 Å². The standard InChI is InChI=1S/C12H18O3/c1-4-9-7-10(5-6-13)12(15-3)8-11(9)14-2/h7-8,13H,4-6H2,1-3H3. The van der Waals surface area contributed by atoms with Crippen molar-refractivity contribution in [3.63, 3.8) is 0 Å². The summed E-state index contributed by atoms with van der Waals surface area (Å²) < 4.78 is 10.5. The van der Waals surface area contributed by atoms with Gasteiger partial charge in [0.15, 0.2) is 0 Å². The van der Waals surface area contributed by atoms with Gasteiger partial charge in [0.1, 0.15) is 11.5 Å². The molecule has 15 heavy (non-hydrogen) atoms. The molecule has 1 aromatic carbocycles. The predicted molar refractivity (Wildman–Crippen MR) is 59.7 cm³/mol. The Morgan fingerprint density at radius 2 is 1.67 bits per heavy atom. The molecule has 0 aromatic heterocycles. The second-order valence-electron chi connectivity index (χ2n) is 3.30. The Balaban J connectivity index is 3.15. The summed E-state index contributed by atoms with van der Waals surface area (Å²) in [5.74, 6) is 1.62. The highest BCUT2D eigenvalue weighted by Gasteiger charge is 2.09. The van der Waals surface area contributed by atoms with Crippen molar-refractivity contribution in [1.82, 2.24) is 0 Å². The van der Waals surface area contributed by atoms with Crippen LogP contribution in [0.15, 0.2) is 12.1 Å². The Kier molecular flexibility index (Phi) is 4.43. The third kappa shape index (κ3) is 2.63. The lowest BCUT2D eigenvalue weighted by Gasteiger charge is -2.13. The minimum absolute atomic E-state index is 0.131. The molecule has 1 rings (SSSR count). The molecule has 0 atom stereocenters. The van der Waals surface area contributed by atoms with Crippen molar-refractivity contribution < 1.29 is 14.6 Å². The lowest BCUT2D eigenvalue weighted by molar-refractivity contribution is 0.296. The number of aliphatic hydroxyl groups excluding tert-OH is 1. The average Bonchev–Trinajstić information content (AvgIpc) is 2.28. The van der Waals surface area contributed by atoms with E-state index in [4.69, 9.17) is 14.6 Å². The molecule has 0 bridgehead atoms. The summed E-state index contributed by atoms with van der Waals surface area (Å²) in [5.41, 5.74) is 2.17. The Morgan fingerprint density at radius 1 is 1.07 bits per heavy atom. The Morgan fingerprint density at radius 3 is 2.13 bits per heavy atom. The van der Waals surface area contributed by atoms with Crippen molar-refractivity contribution in [2.75, 3.05) is 20.8 Å². The van der Waals surface area contributed by atoms with E-state index >= 15 is 0 Å². The Labute approximate surface area is 90.6 Å². The van der Waals surface area contributed by atoms with Gasteiger partial charge in [-0.1, -0.05) is 6.92 Å². The SMILES string of the molecule is CCc1cc(CCO)c(OC)cc1OC. The minimum atomic E-state index is 0.131. The van der Waals surface area contributed by atoms with Crippen LogP contribution in [0.4, 0.5) is 0 Å². The van der Waals surface area contributed by atoms with E-state index in [1.807, 2.05) is 12.1 Å². The van der Waals surface area contributed by atoms with E-state index in [0.717, 1.165) is 29.0 Å². The van der Waals surface area contributed by atoms with Crippen molar-refractivity contribution in [3.05, 3.63) is 23.3 Å². The third-order valence-electron chi connectivity index (χ3n) is 2.45. The Bertz CT molecular complexity index is 321. The maximum Gasteiger partial charge on any atom is 0.125 e. The maximum atomic E-state index is 8.94. The van der Waals surface area contributed by atoms with E-state index in [1.54, 1.807) is 14.2 Å². The molecule has 0 spiro atoms. The van der Waals surface area contributed by atoms with Crippen LogP contribution in [-0.4, -0.2) is 25.9 Å². The van der Waals surface area contributed by atoms with Crippen LogP contribution in [0.1, 0.15) is 18.1 Å². The first-order chi connectivity index (χ1) is 7.26. The molecule has 0 heterocycles. The molecule has 3 heteroatoms. The molecule has 0 aliphatic heterocycles. The van der Waals surface area contributed by atoms with E-state index in [0.29, 0.717) is 6.42 Å². The van der Waals surface area contributed by atoms with Gasteiger partial charge in [0.05, 0.1) is 14.2 Å². The van der Waals surface area contributed by atoms with Crippen molar-refractivity contribution >= 4 is 0 Å². The zero-order valence-corrected chi connectivity index (χ0v) is 9.54. The summed E-state index contributed by atoms with van der Waals surface area (Å²) in [6.45, 7) is 2.21. The molecule has 0 aliphatic carbocycles. The van der Waals surface area contributed by atoms with E-state index < -0.39 is 0 Å². The normalized spacial score (nSPS) is 10.1. The van der Waals surface area contributed by atoms with Gasteiger partial charge >= 0.3 is 0 Å². The second kappa shape index (κ2) is 5.61. The van der Waals surface area contributed by atoms with Crippen molar-refractivity contribution in [3.8, 4) is 11.5 Å². The first-order valence-electron chi connectivity index (χ1n) is 5.11. The number of aryl methyl sites for hydroxylation is 1. The average molecular weight is 210 g/mol. The number of aliphatic hydroxyl groups is 1. The van der Waals surface area contributed by atoms with Crippen LogP contribution >= 0.6 is 0 Å². The summed E-state index contributed by atoms with van der Waals surface area (Å²) in [4.78, 5) is 0. The number of benzene rings is 1. The van der Waals surface area contributed by atoms with Gasteiger partial charge in [-0.15, -0.1) is 0 Å². The topological polar surface area (TPSA) is 38.7 Å². The molecule has 3 nitrogen and oxygen atoms in total. The molecular weight excluding hydrogens is 192 g/mol. The van der Waals surface area contributed by atoms with Crippen molar-refractivity contribution in [2.45, 2.75) is 19.8 Å². The van der Waals surface area contributed by atoms with Crippen LogP contribution < -0.4 is 9.47 Å². The quantitative estimate of drug-likeness (QED) is 0.805. The molecule has 0 saturated heterocycles. The monoisotopic (exact) mass is 210 g/mol. The van der Waals surface area contributed by atoms with Gasteiger partial charge in [0.25, 0.3) is 0 Å². The van der Waals surface area contributed by atoms with E-state index in [1.165, 1.54) is 0 Å². The van der Waals surface area contributed by atoms with E-state index in [2.05, 4.69) is 6.92 Å². The van der Waals surface area contributed by atoms with Crippen LogP contribution in [0.3, 0.4) is 0 Å². The highest BCUT2D eigenvalue weighted by atomic mass is 16.5. The number of methoxy groups -OCH3 is 2. The van der Waals surface area contributed by atoms with Crippen LogP contribution in [-0.2, 0) is 12.8 Å². The molecule has 0 radical (unpaired) electrons. The summed E-state index contributed by atoms with van der Waals surface area (Å²) >= 11 is 0. The zero-order chi connectivity index (χ0) is 11.3. The lowest BCUT2D eigenvalue weighted by Crippen LogP contribution is -1.99. The fourth-order valence-corrected chi connectivity index (χ4v) is 1.63. The largest absolute Gasteiger partial charge is 0.496 e. The summed E-state index contributed by atoms with van der Waals surface area (Å²) in [6.07, 6.45) is 1.52. The highest BCUT2D eigenvalue weighted by Crippen LogP contribution is 2.29. The molecular formula is C12H18O3. The van der Waals surface area contributed by atoms with E-state index in [9.17, 15) is 0 Å². The van der Waals surface area contributed by atoms with Gasteiger partial charge in [-0.3, -0.25) is 0 Å². The minimum Gasteiger partial charge on any atom is -0.496 e. The van der Waals surface area contributed by atoms with Gasteiger partial charge in [-0.05, 0) is 30.0 Å². The van der Waals surface area contributed by atoms with Crippen LogP contribution in [0, 0.1) is 0 Å². The zero-order valence-electron chi connectivity index (χ0n) is 9.54. The molecule has 0 unspecified atom stereocenters. The smallest absolute Gasteiger partial charge is 0.125 e. The summed E-state index contributed by atoms with van der Waals surface area (Å²) in [5, 5.41) is 8.94. The van der Waals surface area contributed by atoms with Gasteiger partial charge in [0.2, 0.25) is 0 Å². The van der Waals surface area contributed by atoms with Crippen LogP contribution in [0.2, 0.25) is 0 Å². The summed E-state index contributed by atoms with van der Waals surface area (Å²) in [6, 6.07) is 3.91. The van der Waals surface area contributed by atoms with Crippen molar-refractivity contribution in [2.24, 2.45) is 0 Å². The van der Waals surface area contributed by atoms with E-state index in [-0.39, 0.29) is 6.61 Å². The van der Waals surface area contributed by atoms with Gasteiger partial charge in [-0.2, -0.15) is 0 Å². The van der Waals surface area contributed by atoms with Crippen LogP contribution in [0.5, 0.6) is 11.5 Å². The van der Waals surface area contributed by atoms with Crippen LogP contribution in [0.25, 0.3) is 0 Å². The third-order valence-corrected chi connectivity index (χ3v) is 2.45. The van der Waals surface area contributed by atoms with Gasteiger partial charge in [0, 0.05) is 12.7 Å². The number of rotatable bonds is 5. The number of hydrogen-bond donors (Lipinski definition) is 1. The maximum absolute atomic E-state index is 8.94. The fraction of sp³-hybridized carbons (Fsp3) is 0.500. The molecule has 0 amide bonds. The predicted octanol–water partition coefficient (Wildman–Crippen LogP) is 1.80. The lowest BCUT2D eigenvalue weighted by atomic mass is 10.0. The molecule has 0 saturated carbocycles. The molecule has 1 N–H and O–H groups in total. The highest BCUT2D eigenvalue weighted by molar-refractivity contribution is 5.46. The first kappa shape index (κ1) is 11.9. The molecule has 84 valence electrons. The fourth-order valence-electron chi connectivity index (χ4n) is 1.63.